The number of aryl methyl sites for hydroxylation is 1. The highest BCUT2D eigenvalue weighted by atomic mass is 19.1. The van der Waals surface area contributed by atoms with Gasteiger partial charge in [-0.2, -0.15) is 0 Å². The fraction of sp³-hybridized carbons (Fsp3) is 0.533. The molecule has 0 radical (unpaired) electrons. The van der Waals surface area contributed by atoms with Crippen LogP contribution in [0.15, 0.2) is 18.2 Å². The number of piperidine rings is 1. The van der Waals surface area contributed by atoms with Crippen molar-refractivity contribution in [2.75, 3.05) is 31.5 Å². The molecule has 0 spiro atoms. The van der Waals surface area contributed by atoms with Gasteiger partial charge in [0.1, 0.15) is 5.82 Å². The molecule has 1 fully saturated rings. The molecule has 0 bridgehead atoms. The van der Waals surface area contributed by atoms with Crippen LogP contribution in [0.3, 0.4) is 0 Å². The van der Waals surface area contributed by atoms with Gasteiger partial charge in [0.05, 0.1) is 6.54 Å². The minimum absolute atomic E-state index is 0.106. The number of hydrogen-bond acceptors (Lipinski definition) is 3. The first-order chi connectivity index (χ1) is 9.58. The highest BCUT2D eigenvalue weighted by Gasteiger charge is 2.20. The topological polar surface area (TPSA) is 58.4 Å². The lowest BCUT2D eigenvalue weighted by molar-refractivity contribution is -0.117. The van der Waals surface area contributed by atoms with Crippen LogP contribution in [0.1, 0.15) is 18.4 Å². The molecule has 1 aliphatic rings. The first-order valence-corrected chi connectivity index (χ1v) is 7.07. The van der Waals surface area contributed by atoms with Crippen LogP contribution in [-0.4, -0.2) is 37.0 Å². The normalized spacial score (nSPS) is 19.9. The Morgan fingerprint density at radius 1 is 1.55 bits per heavy atom. The summed E-state index contributed by atoms with van der Waals surface area (Å²) in [6, 6.07) is 4.73. The highest BCUT2D eigenvalue weighted by Crippen LogP contribution is 2.16. The Labute approximate surface area is 119 Å². The predicted octanol–water partition coefficient (Wildman–Crippen LogP) is 1.74. The van der Waals surface area contributed by atoms with Crippen LogP contribution < -0.4 is 11.1 Å². The molecule has 2 rings (SSSR count). The first kappa shape index (κ1) is 14.9. The van der Waals surface area contributed by atoms with Crippen molar-refractivity contribution in [2.24, 2.45) is 11.7 Å². The van der Waals surface area contributed by atoms with Crippen LogP contribution in [0, 0.1) is 18.7 Å². The van der Waals surface area contributed by atoms with E-state index in [0.717, 1.165) is 25.9 Å². The van der Waals surface area contributed by atoms with Crippen LogP contribution in [0.5, 0.6) is 0 Å². The fourth-order valence-electron chi connectivity index (χ4n) is 2.56. The van der Waals surface area contributed by atoms with Gasteiger partial charge in [-0.05, 0) is 56.5 Å². The fourth-order valence-corrected chi connectivity index (χ4v) is 2.56. The van der Waals surface area contributed by atoms with Crippen molar-refractivity contribution in [3.63, 3.8) is 0 Å². The third-order valence-electron chi connectivity index (χ3n) is 3.76. The molecule has 1 aromatic rings. The molecular weight excluding hydrogens is 257 g/mol. The van der Waals surface area contributed by atoms with E-state index in [1.165, 1.54) is 6.07 Å². The van der Waals surface area contributed by atoms with Gasteiger partial charge in [-0.15, -0.1) is 0 Å². The van der Waals surface area contributed by atoms with E-state index in [-0.39, 0.29) is 11.7 Å². The SMILES string of the molecule is Cc1ccc(NC(=O)CN2CCCC(CN)C2)cc1F. The van der Waals surface area contributed by atoms with Crippen LogP contribution in [0.25, 0.3) is 0 Å². The van der Waals surface area contributed by atoms with E-state index in [1.807, 2.05) is 0 Å². The summed E-state index contributed by atoms with van der Waals surface area (Å²) in [5.74, 6) is 0.0725. The molecule has 110 valence electrons. The smallest absolute Gasteiger partial charge is 0.238 e. The Kier molecular flexibility index (Phi) is 5.09. The van der Waals surface area contributed by atoms with Crippen LogP contribution in [0.2, 0.25) is 0 Å². The Bertz CT molecular complexity index is 478. The first-order valence-electron chi connectivity index (χ1n) is 7.07. The van der Waals surface area contributed by atoms with Crippen molar-refractivity contribution in [1.29, 1.82) is 0 Å². The average Bonchev–Trinajstić information content (AvgIpc) is 2.43. The number of nitrogens with zero attached hydrogens (tertiary/aromatic N) is 1. The number of likely N-dealkylation sites (tertiary alicyclic amines) is 1. The third-order valence-corrected chi connectivity index (χ3v) is 3.76. The van der Waals surface area contributed by atoms with E-state index in [1.54, 1.807) is 19.1 Å². The van der Waals surface area contributed by atoms with Crippen LogP contribution >= 0.6 is 0 Å². The molecule has 1 saturated heterocycles. The zero-order valence-corrected chi connectivity index (χ0v) is 11.9. The number of halogens is 1. The molecule has 1 aliphatic heterocycles. The van der Waals surface area contributed by atoms with Gasteiger partial charge in [0.25, 0.3) is 0 Å². The molecule has 1 aromatic carbocycles. The summed E-state index contributed by atoms with van der Waals surface area (Å²) in [5.41, 5.74) is 6.76. The Morgan fingerprint density at radius 2 is 2.35 bits per heavy atom. The average molecular weight is 279 g/mol. The maximum Gasteiger partial charge on any atom is 0.238 e. The second kappa shape index (κ2) is 6.81. The second-order valence-electron chi connectivity index (χ2n) is 5.49. The van der Waals surface area contributed by atoms with Gasteiger partial charge in [-0.3, -0.25) is 9.69 Å². The summed E-state index contributed by atoms with van der Waals surface area (Å²) in [7, 11) is 0. The summed E-state index contributed by atoms with van der Waals surface area (Å²) < 4.78 is 13.4. The number of anilines is 1. The summed E-state index contributed by atoms with van der Waals surface area (Å²) in [6.45, 7) is 4.49. The van der Waals surface area contributed by atoms with Gasteiger partial charge in [-0.25, -0.2) is 4.39 Å². The molecule has 0 aromatic heterocycles. The van der Waals surface area contributed by atoms with E-state index < -0.39 is 0 Å². The van der Waals surface area contributed by atoms with Gasteiger partial charge >= 0.3 is 0 Å². The highest BCUT2D eigenvalue weighted by molar-refractivity contribution is 5.92. The molecule has 1 amide bonds. The van der Waals surface area contributed by atoms with Crippen molar-refractivity contribution in [3.05, 3.63) is 29.6 Å². The lowest BCUT2D eigenvalue weighted by Crippen LogP contribution is -2.42. The van der Waals surface area contributed by atoms with E-state index in [4.69, 9.17) is 5.73 Å². The zero-order chi connectivity index (χ0) is 14.5. The van der Waals surface area contributed by atoms with Gasteiger partial charge in [0.2, 0.25) is 5.91 Å². The number of rotatable bonds is 4. The Hall–Kier alpha value is -1.46. The summed E-state index contributed by atoms with van der Waals surface area (Å²) in [5, 5.41) is 2.74. The summed E-state index contributed by atoms with van der Waals surface area (Å²) in [6.07, 6.45) is 2.21. The number of benzene rings is 1. The van der Waals surface area contributed by atoms with Gasteiger partial charge < -0.3 is 11.1 Å². The van der Waals surface area contributed by atoms with Gasteiger partial charge in [-0.1, -0.05) is 6.07 Å². The van der Waals surface area contributed by atoms with Crippen LogP contribution in [-0.2, 0) is 4.79 Å². The molecule has 1 unspecified atom stereocenters. The molecule has 3 N–H and O–H groups in total. The lowest BCUT2D eigenvalue weighted by atomic mass is 9.98. The van der Waals surface area contributed by atoms with E-state index >= 15 is 0 Å². The number of carbonyl (C=O) groups excluding carboxylic acids is 1. The summed E-state index contributed by atoms with van der Waals surface area (Å²) >= 11 is 0. The monoisotopic (exact) mass is 279 g/mol. The Morgan fingerprint density at radius 3 is 3.05 bits per heavy atom. The molecule has 0 saturated carbocycles. The second-order valence-corrected chi connectivity index (χ2v) is 5.49. The largest absolute Gasteiger partial charge is 0.330 e. The van der Waals surface area contributed by atoms with Gasteiger partial charge in [0, 0.05) is 12.2 Å². The molecule has 0 aliphatic carbocycles. The summed E-state index contributed by atoms with van der Waals surface area (Å²) in [4.78, 5) is 14.1. The van der Waals surface area contributed by atoms with Crippen molar-refractivity contribution >= 4 is 11.6 Å². The number of carbonyl (C=O) groups is 1. The molecule has 20 heavy (non-hydrogen) atoms. The lowest BCUT2D eigenvalue weighted by Gasteiger charge is -2.31. The molecule has 1 heterocycles. The van der Waals surface area contributed by atoms with Crippen molar-refractivity contribution in [2.45, 2.75) is 19.8 Å². The number of nitrogens with one attached hydrogen (secondary N) is 1. The predicted molar refractivity (Wildman–Crippen MR) is 78.0 cm³/mol. The van der Waals surface area contributed by atoms with Crippen molar-refractivity contribution < 1.29 is 9.18 Å². The van der Waals surface area contributed by atoms with Crippen LogP contribution in [0.4, 0.5) is 10.1 Å². The zero-order valence-electron chi connectivity index (χ0n) is 11.9. The molecule has 1 atom stereocenters. The van der Waals surface area contributed by atoms with E-state index in [9.17, 15) is 9.18 Å². The minimum Gasteiger partial charge on any atom is -0.330 e. The maximum absolute atomic E-state index is 13.4. The van der Waals surface area contributed by atoms with E-state index in [2.05, 4.69) is 10.2 Å². The molecule has 5 heteroatoms. The van der Waals surface area contributed by atoms with Crippen molar-refractivity contribution in [3.8, 4) is 0 Å². The molecular formula is C15H22FN3O. The number of hydrogen-bond donors (Lipinski definition) is 2. The van der Waals surface area contributed by atoms with Crippen molar-refractivity contribution in [1.82, 2.24) is 4.90 Å². The quantitative estimate of drug-likeness (QED) is 0.882. The number of nitrogens with two attached hydrogens (primary N) is 1. The maximum atomic E-state index is 13.4. The van der Waals surface area contributed by atoms with Gasteiger partial charge in [0.15, 0.2) is 0 Å². The minimum atomic E-state index is -0.302. The standard InChI is InChI=1S/C15H22FN3O/c1-11-4-5-13(7-14(11)16)18-15(20)10-19-6-2-3-12(8-17)9-19/h4-5,7,12H,2-3,6,8-10,17H2,1H3,(H,18,20). The van der Waals surface area contributed by atoms with E-state index in [0.29, 0.717) is 30.3 Å². The Balaban J connectivity index is 1.87. The molecule has 4 nitrogen and oxygen atoms in total. The third kappa shape index (κ3) is 4.02. The number of amides is 1.